The summed E-state index contributed by atoms with van der Waals surface area (Å²) < 4.78 is 0. The van der Waals surface area contributed by atoms with Gasteiger partial charge in [0.15, 0.2) is 0 Å². The van der Waals surface area contributed by atoms with Crippen molar-refractivity contribution < 1.29 is 14.7 Å². The summed E-state index contributed by atoms with van der Waals surface area (Å²) >= 11 is 0. The van der Waals surface area contributed by atoms with Gasteiger partial charge in [0.1, 0.15) is 0 Å². The lowest BCUT2D eigenvalue weighted by molar-refractivity contribution is -0.143. The molecule has 0 spiro atoms. The Hall–Kier alpha value is -2.56. The number of aryl methyl sites for hydroxylation is 1. The lowest BCUT2D eigenvalue weighted by atomic mass is 9.94. The van der Waals surface area contributed by atoms with E-state index in [-0.39, 0.29) is 11.9 Å². The van der Waals surface area contributed by atoms with Gasteiger partial charge in [0.25, 0.3) is 0 Å². The Labute approximate surface area is 153 Å². The van der Waals surface area contributed by atoms with Crippen LogP contribution in [0.2, 0.25) is 0 Å². The van der Waals surface area contributed by atoms with Crippen LogP contribution in [0.5, 0.6) is 0 Å². The average Bonchev–Trinajstić information content (AvgIpc) is 3.00. The number of carbonyl (C=O) groups excluding carboxylic acids is 1. The van der Waals surface area contributed by atoms with E-state index in [1.165, 1.54) is 0 Å². The molecule has 1 aliphatic rings. The molecule has 1 fully saturated rings. The molecule has 0 bridgehead atoms. The Bertz CT molecular complexity index is 739. The summed E-state index contributed by atoms with van der Waals surface area (Å²) in [5, 5.41) is 12.4. The molecule has 0 saturated heterocycles. The molecule has 0 radical (unpaired) electrons. The first-order chi connectivity index (χ1) is 12.6. The number of H-pyrrole nitrogens is 1. The molecule has 1 aromatic heterocycles. The third-order valence-electron chi connectivity index (χ3n) is 5.13. The highest BCUT2D eigenvalue weighted by Gasteiger charge is 2.30. The van der Waals surface area contributed by atoms with E-state index in [4.69, 9.17) is 0 Å². The Balaban J connectivity index is 1.54. The van der Waals surface area contributed by atoms with Crippen LogP contribution in [0.3, 0.4) is 0 Å². The van der Waals surface area contributed by atoms with Crippen molar-refractivity contribution in [3.05, 3.63) is 48.2 Å². The summed E-state index contributed by atoms with van der Waals surface area (Å²) in [6.07, 6.45) is 5.32. The highest BCUT2D eigenvalue weighted by Crippen LogP contribution is 2.24. The fraction of sp³-hybridized carbons (Fsp3) is 0.429. The number of hydrogen-bond donors (Lipinski definition) is 3. The molecule has 5 nitrogen and oxygen atoms in total. The Kier molecular flexibility index (Phi) is 6.10. The molecule has 3 N–H and O–H groups in total. The first-order valence-electron chi connectivity index (χ1n) is 9.39. The molecule has 138 valence electrons. The van der Waals surface area contributed by atoms with Crippen molar-refractivity contribution >= 4 is 11.9 Å². The number of nitrogens with one attached hydrogen (secondary N) is 2. The van der Waals surface area contributed by atoms with Crippen molar-refractivity contribution in [2.24, 2.45) is 5.92 Å². The van der Waals surface area contributed by atoms with Crippen LogP contribution >= 0.6 is 0 Å². The molecule has 0 aliphatic heterocycles. The molecule has 2 aromatic rings. The maximum Gasteiger partial charge on any atom is 0.308 e. The van der Waals surface area contributed by atoms with Gasteiger partial charge in [0.05, 0.1) is 5.92 Å². The SMILES string of the molecule is O=C(CCc1ccc(-c2ccccc2)[nH]1)N[C@H]1CCCCC[C@H]1C(=O)O. The highest BCUT2D eigenvalue weighted by molar-refractivity contribution is 5.78. The molecule has 5 heteroatoms. The van der Waals surface area contributed by atoms with Crippen molar-refractivity contribution in [2.75, 3.05) is 0 Å². The second kappa shape index (κ2) is 8.70. The van der Waals surface area contributed by atoms with Crippen molar-refractivity contribution in [2.45, 2.75) is 51.0 Å². The van der Waals surface area contributed by atoms with Crippen LogP contribution in [0.15, 0.2) is 42.5 Å². The van der Waals surface area contributed by atoms with Gasteiger partial charge < -0.3 is 15.4 Å². The van der Waals surface area contributed by atoms with E-state index in [1.807, 2.05) is 42.5 Å². The van der Waals surface area contributed by atoms with Crippen LogP contribution in [0.25, 0.3) is 11.3 Å². The predicted molar refractivity (Wildman–Crippen MR) is 101 cm³/mol. The van der Waals surface area contributed by atoms with E-state index in [9.17, 15) is 14.7 Å². The highest BCUT2D eigenvalue weighted by atomic mass is 16.4. The normalized spacial score (nSPS) is 20.3. The van der Waals surface area contributed by atoms with E-state index in [0.717, 1.165) is 42.6 Å². The van der Waals surface area contributed by atoms with Gasteiger partial charge in [-0.15, -0.1) is 0 Å². The molecule has 1 saturated carbocycles. The minimum absolute atomic E-state index is 0.0704. The molecule has 1 heterocycles. The Morgan fingerprint density at radius 2 is 1.81 bits per heavy atom. The van der Waals surface area contributed by atoms with Crippen molar-refractivity contribution in [3.8, 4) is 11.3 Å². The van der Waals surface area contributed by atoms with E-state index in [2.05, 4.69) is 10.3 Å². The Morgan fingerprint density at radius 1 is 1.04 bits per heavy atom. The minimum Gasteiger partial charge on any atom is -0.481 e. The average molecular weight is 354 g/mol. The quantitative estimate of drug-likeness (QED) is 0.691. The standard InChI is InChI=1S/C21H26N2O3/c24-20(23-19-10-6-2-5-9-17(19)21(25)26)14-12-16-11-13-18(22-16)15-7-3-1-4-8-15/h1,3-4,7-8,11,13,17,19,22H,2,5-6,9-10,12,14H2,(H,23,24)(H,25,26)/t17-,19+/m1/s1. The number of aromatic nitrogens is 1. The first kappa shape index (κ1) is 18.2. The second-order valence-corrected chi connectivity index (χ2v) is 7.02. The van der Waals surface area contributed by atoms with Crippen molar-refractivity contribution in [1.29, 1.82) is 0 Å². The van der Waals surface area contributed by atoms with Gasteiger partial charge in [0, 0.05) is 23.9 Å². The number of carboxylic acids is 1. The number of rotatable bonds is 6. The summed E-state index contributed by atoms with van der Waals surface area (Å²) in [7, 11) is 0. The maximum absolute atomic E-state index is 12.3. The lowest BCUT2D eigenvalue weighted by Crippen LogP contribution is -2.42. The zero-order valence-corrected chi connectivity index (χ0v) is 14.9. The molecule has 1 amide bonds. The summed E-state index contributed by atoms with van der Waals surface area (Å²) in [5.41, 5.74) is 3.16. The predicted octanol–water partition coefficient (Wildman–Crippen LogP) is 3.76. The third-order valence-corrected chi connectivity index (χ3v) is 5.13. The molecular weight excluding hydrogens is 328 g/mol. The fourth-order valence-corrected chi connectivity index (χ4v) is 3.68. The van der Waals surface area contributed by atoms with Gasteiger partial charge in [-0.05, 0) is 37.0 Å². The van der Waals surface area contributed by atoms with Gasteiger partial charge in [-0.25, -0.2) is 0 Å². The molecule has 1 aromatic carbocycles. The van der Waals surface area contributed by atoms with Crippen LogP contribution in [0.1, 0.15) is 44.2 Å². The van der Waals surface area contributed by atoms with E-state index in [1.54, 1.807) is 0 Å². The van der Waals surface area contributed by atoms with Crippen LogP contribution in [0, 0.1) is 5.92 Å². The number of hydrogen-bond acceptors (Lipinski definition) is 2. The molecular formula is C21H26N2O3. The van der Waals surface area contributed by atoms with Gasteiger partial charge in [0.2, 0.25) is 5.91 Å². The lowest BCUT2D eigenvalue weighted by Gasteiger charge is -2.22. The molecule has 3 rings (SSSR count). The number of aliphatic carboxylic acids is 1. The van der Waals surface area contributed by atoms with E-state index < -0.39 is 11.9 Å². The molecule has 1 aliphatic carbocycles. The maximum atomic E-state index is 12.3. The zero-order chi connectivity index (χ0) is 18.4. The summed E-state index contributed by atoms with van der Waals surface area (Å²) in [4.78, 5) is 27.1. The monoisotopic (exact) mass is 354 g/mol. The first-order valence-corrected chi connectivity index (χ1v) is 9.39. The summed E-state index contributed by atoms with van der Waals surface area (Å²) in [6, 6.07) is 13.8. The van der Waals surface area contributed by atoms with Gasteiger partial charge >= 0.3 is 5.97 Å². The number of amides is 1. The molecule has 0 unspecified atom stereocenters. The fourth-order valence-electron chi connectivity index (χ4n) is 3.68. The minimum atomic E-state index is -0.797. The number of carboxylic acid groups (broad SMARTS) is 1. The third kappa shape index (κ3) is 4.75. The second-order valence-electron chi connectivity index (χ2n) is 7.02. The largest absolute Gasteiger partial charge is 0.481 e. The van der Waals surface area contributed by atoms with Crippen molar-refractivity contribution in [1.82, 2.24) is 10.3 Å². The zero-order valence-electron chi connectivity index (χ0n) is 14.9. The van der Waals surface area contributed by atoms with Crippen LogP contribution in [-0.2, 0) is 16.0 Å². The van der Waals surface area contributed by atoms with Crippen LogP contribution in [0.4, 0.5) is 0 Å². The van der Waals surface area contributed by atoms with Crippen molar-refractivity contribution in [3.63, 3.8) is 0 Å². The number of benzene rings is 1. The summed E-state index contributed by atoms with van der Waals surface area (Å²) in [6.45, 7) is 0. The van der Waals surface area contributed by atoms with Crippen LogP contribution in [-0.4, -0.2) is 28.0 Å². The topological polar surface area (TPSA) is 82.2 Å². The number of carbonyl (C=O) groups is 2. The van der Waals surface area contributed by atoms with Gasteiger partial charge in [-0.3, -0.25) is 9.59 Å². The summed E-state index contributed by atoms with van der Waals surface area (Å²) in [5.74, 6) is -1.33. The van der Waals surface area contributed by atoms with E-state index >= 15 is 0 Å². The Morgan fingerprint density at radius 3 is 2.58 bits per heavy atom. The van der Waals surface area contributed by atoms with Crippen LogP contribution < -0.4 is 5.32 Å². The molecule has 26 heavy (non-hydrogen) atoms. The van der Waals surface area contributed by atoms with Gasteiger partial charge in [-0.2, -0.15) is 0 Å². The number of aromatic amines is 1. The smallest absolute Gasteiger partial charge is 0.308 e. The van der Waals surface area contributed by atoms with Gasteiger partial charge in [-0.1, -0.05) is 49.6 Å². The molecule has 2 atom stereocenters. The van der Waals surface area contributed by atoms with E-state index in [0.29, 0.717) is 19.3 Å².